The Morgan fingerprint density at radius 1 is 0.475 bits per heavy atom. The Balaban J connectivity index is 1.07. The van der Waals surface area contributed by atoms with Crippen LogP contribution >= 0.6 is 0 Å². The first-order valence-electron chi connectivity index (χ1n) is 19.5. The van der Waals surface area contributed by atoms with Gasteiger partial charge in [-0.3, -0.25) is 0 Å². The van der Waals surface area contributed by atoms with Gasteiger partial charge in [0.05, 0.1) is 17.1 Å². The van der Waals surface area contributed by atoms with E-state index in [1.807, 2.05) is 48.5 Å². The molecule has 0 atom stereocenters. The first-order valence-corrected chi connectivity index (χ1v) is 19.5. The Morgan fingerprint density at radius 2 is 1.10 bits per heavy atom. The molecule has 0 bridgehead atoms. The molecule has 0 amide bonds. The lowest BCUT2D eigenvalue weighted by Crippen LogP contribution is -1.96. The van der Waals surface area contributed by atoms with Gasteiger partial charge in [-0.2, -0.15) is 0 Å². The Labute approximate surface area is 341 Å². The van der Waals surface area contributed by atoms with Crippen LogP contribution in [0.2, 0.25) is 0 Å². The van der Waals surface area contributed by atoms with E-state index in [0.29, 0.717) is 23.0 Å². The molecule has 8 aromatic carbocycles. The minimum absolute atomic E-state index is 0.364. The van der Waals surface area contributed by atoms with Gasteiger partial charge in [0.15, 0.2) is 11.4 Å². The van der Waals surface area contributed by atoms with Crippen molar-refractivity contribution < 1.29 is 4.42 Å². The van der Waals surface area contributed by atoms with Crippen molar-refractivity contribution in [1.29, 1.82) is 0 Å². The van der Waals surface area contributed by atoms with E-state index >= 15 is 0 Å². The molecule has 59 heavy (non-hydrogen) atoms. The predicted octanol–water partition coefficient (Wildman–Crippen LogP) is 12.7. The minimum atomic E-state index is 0.364. The number of hydrogen-bond acceptors (Lipinski definition) is 6. The summed E-state index contributed by atoms with van der Waals surface area (Å²) in [6.07, 6.45) is 4.75. The number of fused-ring (bicyclic) bond motifs is 3. The molecule has 0 spiro atoms. The second-order valence-corrected chi connectivity index (χ2v) is 14.5. The fourth-order valence-electron chi connectivity index (χ4n) is 7.80. The molecule has 2 aromatic heterocycles. The van der Waals surface area contributed by atoms with Crippen LogP contribution in [0.5, 0.6) is 0 Å². The zero-order chi connectivity index (χ0) is 39.7. The number of hydrogen-bond donors (Lipinski definition) is 2. The van der Waals surface area contributed by atoms with Crippen LogP contribution in [0.25, 0.3) is 106 Å². The summed E-state index contributed by atoms with van der Waals surface area (Å²) >= 11 is 0. The van der Waals surface area contributed by atoms with Crippen LogP contribution in [-0.4, -0.2) is 15.0 Å². The Kier molecular flexibility index (Phi) is 9.05. The summed E-state index contributed by atoms with van der Waals surface area (Å²) in [5, 5.41) is 4.45. The average Bonchev–Trinajstić information content (AvgIpc) is 3.73. The highest BCUT2D eigenvalue weighted by atomic mass is 16.3. The highest BCUT2D eigenvalue weighted by Crippen LogP contribution is 2.41. The van der Waals surface area contributed by atoms with Crippen LogP contribution in [0.1, 0.15) is 5.89 Å². The topological polar surface area (TPSA) is 104 Å². The van der Waals surface area contributed by atoms with Gasteiger partial charge in [-0.05, 0) is 110 Å². The molecule has 0 aliphatic rings. The van der Waals surface area contributed by atoms with Gasteiger partial charge in [-0.25, -0.2) is 15.0 Å². The summed E-state index contributed by atoms with van der Waals surface area (Å²) in [4.78, 5) is 14.9. The molecule has 0 aliphatic carbocycles. The average molecular weight is 760 g/mol. The zero-order valence-corrected chi connectivity index (χ0v) is 32.0. The number of nitrogens with two attached hydrogens (primary N) is 2. The Bertz CT molecular complexity index is 3180. The molecule has 0 unspecified atom stereocenters. The van der Waals surface area contributed by atoms with Crippen molar-refractivity contribution in [3.63, 3.8) is 0 Å². The molecule has 0 fully saturated rings. The fourth-order valence-corrected chi connectivity index (χ4v) is 7.80. The SMILES string of the molecule is N/C=C\C=C(/N)c1nc2cc3ccc(-c4cccc(-c5ccc6ccccc6c5-c5cccc(-c6nc(-c7ccccc7)cc(-c7ccccc7)n6)c5)c4)cc3cc2o1. The van der Waals surface area contributed by atoms with Gasteiger partial charge < -0.3 is 15.9 Å². The van der Waals surface area contributed by atoms with Gasteiger partial charge >= 0.3 is 0 Å². The summed E-state index contributed by atoms with van der Waals surface area (Å²) in [7, 11) is 0. The van der Waals surface area contributed by atoms with Gasteiger partial charge in [0.25, 0.3) is 0 Å². The maximum absolute atomic E-state index is 6.19. The molecule has 4 N–H and O–H groups in total. The smallest absolute Gasteiger partial charge is 0.243 e. The maximum atomic E-state index is 6.19. The van der Waals surface area contributed by atoms with E-state index in [1.54, 1.807) is 12.2 Å². The molecule has 6 heteroatoms. The van der Waals surface area contributed by atoms with Gasteiger partial charge in [0, 0.05) is 16.7 Å². The van der Waals surface area contributed by atoms with E-state index in [9.17, 15) is 0 Å². The van der Waals surface area contributed by atoms with Crippen LogP contribution in [0.15, 0.2) is 205 Å². The standard InChI is InChI=1S/C53H37N5O/c54-27-11-22-46(55)53-58-49-31-39-24-23-38(29-43(39)32-50(49)59-53)37-17-9-18-40(28-37)45-26-25-34-12-7-8-21-44(34)51(45)41-19-10-20-42(30-41)52-56-47(35-13-3-1-4-14-35)33-48(57-52)36-15-5-2-6-16-36/h1-33H,54-55H2/b27-11-,46-22-. The third kappa shape index (κ3) is 6.89. The van der Waals surface area contributed by atoms with E-state index < -0.39 is 0 Å². The summed E-state index contributed by atoms with van der Waals surface area (Å²) in [6, 6.07) is 63.7. The van der Waals surface area contributed by atoms with Crippen molar-refractivity contribution >= 4 is 38.3 Å². The molecule has 10 aromatic rings. The summed E-state index contributed by atoms with van der Waals surface area (Å²) in [5.41, 5.74) is 25.0. The lowest BCUT2D eigenvalue weighted by molar-refractivity contribution is 0.583. The number of rotatable bonds is 8. The maximum Gasteiger partial charge on any atom is 0.243 e. The van der Waals surface area contributed by atoms with Gasteiger partial charge in [-0.15, -0.1) is 0 Å². The van der Waals surface area contributed by atoms with Gasteiger partial charge in [-0.1, -0.05) is 146 Å². The fraction of sp³-hybridized carbons (Fsp3) is 0. The first-order chi connectivity index (χ1) is 29.1. The number of oxazole rings is 1. The Morgan fingerprint density at radius 3 is 1.86 bits per heavy atom. The molecule has 0 saturated heterocycles. The van der Waals surface area contributed by atoms with E-state index in [-0.39, 0.29) is 0 Å². The normalized spacial score (nSPS) is 11.9. The number of benzene rings is 8. The second kappa shape index (κ2) is 15.1. The van der Waals surface area contributed by atoms with Crippen LogP contribution in [0, 0.1) is 0 Å². The molecular formula is C53H37N5O. The number of nitrogens with zero attached hydrogens (tertiary/aromatic N) is 3. The monoisotopic (exact) mass is 759 g/mol. The molecule has 280 valence electrons. The van der Waals surface area contributed by atoms with Crippen LogP contribution in [0.3, 0.4) is 0 Å². The number of aromatic nitrogens is 3. The molecule has 2 heterocycles. The van der Waals surface area contributed by atoms with Gasteiger partial charge in [0.2, 0.25) is 5.89 Å². The van der Waals surface area contributed by atoms with Crippen LogP contribution < -0.4 is 11.5 Å². The summed E-state index contributed by atoms with van der Waals surface area (Å²) < 4.78 is 6.05. The minimum Gasteiger partial charge on any atom is -0.435 e. The molecule has 10 rings (SSSR count). The number of allylic oxidation sites excluding steroid dienone is 2. The van der Waals surface area contributed by atoms with Crippen molar-refractivity contribution in [2.75, 3.05) is 0 Å². The predicted molar refractivity (Wildman–Crippen MR) is 243 cm³/mol. The second-order valence-electron chi connectivity index (χ2n) is 14.5. The zero-order valence-electron chi connectivity index (χ0n) is 32.0. The summed E-state index contributed by atoms with van der Waals surface area (Å²) in [6.45, 7) is 0. The Hall–Kier alpha value is -8.09. The quantitative estimate of drug-likeness (QED) is 0.150. The van der Waals surface area contributed by atoms with Crippen molar-refractivity contribution in [3.8, 4) is 67.3 Å². The highest BCUT2D eigenvalue weighted by molar-refractivity contribution is 6.05. The van der Waals surface area contributed by atoms with Crippen molar-refractivity contribution in [2.45, 2.75) is 0 Å². The van der Waals surface area contributed by atoms with Crippen molar-refractivity contribution in [2.24, 2.45) is 11.5 Å². The van der Waals surface area contributed by atoms with E-state index in [2.05, 4.69) is 138 Å². The molecule has 0 saturated carbocycles. The van der Waals surface area contributed by atoms with Crippen molar-refractivity contribution in [3.05, 3.63) is 206 Å². The van der Waals surface area contributed by atoms with Gasteiger partial charge in [0.1, 0.15) is 5.52 Å². The molecule has 0 radical (unpaired) electrons. The third-order valence-electron chi connectivity index (χ3n) is 10.7. The van der Waals surface area contributed by atoms with Crippen LogP contribution in [0.4, 0.5) is 0 Å². The molecule has 6 nitrogen and oxygen atoms in total. The van der Waals surface area contributed by atoms with E-state index in [0.717, 1.165) is 77.7 Å². The lowest BCUT2D eigenvalue weighted by Gasteiger charge is -2.16. The van der Waals surface area contributed by atoms with Crippen LogP contribution in [-0.2, 0) is 0 Å². The largest absolute Gasteiger partial charge is 0.435 e. The molecular weight excluding hydrogens is 723 g/mol. The van der Waals surface area contributed by atoms with E-state index in [1.165, 1.54) is 17.0 Å². The highest BCUT2D eigenvalue weighted by Gasteiger charge is 2.17. The molecule has 0 aliphatic heterocycles. The van der Waals surface area contributed by atoms with Crippen molar-refractivity contribution in [1.82, 2.24) is 15.0 Å². The lowest BCUT2D eigenvalue weighted by atomic mass is 9.88. The third-order valence-corrected chi connectivity index (χ3v) is 10.7. The van der Waals surface area contributed by atoms with E-state index in [4.69, 9.17) is 25.9 Å². The first kappa shape index (κ1) is 35.3. The summed E-state index contributed by atoms with van der Waals surface area (Å²) in [5.74, 6) is 1.04.